The van der Waals surface area contributed by atoms with Crippen LogP contribution in [0.15, 0.2) is 48.5 Å². The second-order valence-corrected chi connectivity index (χ2v) is 6.43. The molecule has 120 valence electrons. The number of carboxylic acid groups (broad SMARTS) is 1. The Labute approximate surface area is 137 Å². The Balaban J connectivity index is 1.76. The van der Waals surface area contributed by atoms with Gasteiger partial charge in [0.05, 0.1) is 5.92 Å². The quantitative estimate of drug-likeness (QED) is 0.929. The molecule has 0 saturated carbocycles. The number of nitrogens with zero attached hydrogens (tertiary/aromatic N) is 1. The van der Waals surface area contributed by atoms with Crippen LogP contribution in [0.25, 0.3) is 11.1 Å². The van der Waals surface area contributed by atoms with Crippen molar-refractivity contribution in [3.05, 3.63) is 59.7 Å². The minimum absolute atomic E-state index is 0.219. The van der Waals surface area contributed by atoms with Gasteiger partial charge in [-0.05, 0) is 54.6 Å². The monoisotopic (exact) mass is 309 g/mol. The molecule has 2 aromatic rings. The van der Waals surface area contributed by atoms with Crippen LogP contribution in [0.5, 0.6) is 0 Å². The summed E-state index contributed by atoms with van der Waals surface area (Å²) in [6.07, 6.45) is 1.77. The predicted molar refractivity (Wildman–Crippen MR) is 92.3 cm³/mol. The van der Waals surface area contributed by atoms with Crippen molar-refractivity contribution in [3.63, 3.8) is 0 Å². The summed E-state index contributed by atoms with van der Waals surface area (Å²) in [5.41, 5.74) is 5.01. The number of piperidine rings is 1. The number of likely N-dealkylation sites (tertiary alicyclic amines) is 1. The molecular weight excluding hydrogens is 286 g/mol. The molecule has 0 aliphatic carbocycles. The molecule has 0 bridgehead atoms. The molecule has 1 aliphatic heterocycles. The van der Waals surface area contributed by atoms with Crippen molar-refractivity contribution in [1.82, 2.24) is 4.90 Å². The molecule has 2 aromatic carbocycles. The van der Waals surface area contributed by atoms with Gasteiger partial charge in [-0.25, -0.2) is 0 Å². The average Bonchev–Trinajstić information content (AvgIpc) is 2.56. The van der Waals surface area contributed by atoms with Crippen molar-refractivity contribution in [3.8, 4) is 11.1 Å². The van der Waals surface area contributed by atoms with E-state index in [4.69, 9.17) is 0 Å². The zero-order valence-corrected chi connectivity index (χ0v) is 13.5. The molecule has 1 heterocycles. The van der Waals surface area contributed by atoms with Gasteiger partial charge < -0.3 is 5.11 Å². The van der Waals surface area contributed by atoms with Gasteiger partial charge in [0.15, 0.2) is 0 Å². The predicted octanol–water partition coefficient (Wildman–Crippen LogP) is 3.96. The topological polar surface area (TPSA) is 40.5 Å². The van der Waals surface area contributed by atoms with Crippen molar-refractivity contribution < 1.29 is 9.90 Å². The summed E-state index contributed by atoms with van der Waals surface area (Å²) in [6, 6.07) is 17.0. The largest absolute Gasteiger partial charge is 0.481 e. The Morgan fingerprint density at radius 1 is 1.22 bits per heavy atom. The summed E-state index contributed by atoms with van der Waals surface area (Å²) < 4.78 is 0. The van der Waals surface area contributed by atoms with E-state index in [1.807, 2.05) is 0 Å². The zero-order valence-electron chi connectivity index (χ0n) is 13.5. The molecule has 1 N–H and O–H groups in total. The van der Waals surface area contributed by atoms with E-state index < -0.39 is 5.97 Å². The van der Waals surface area contributed by atoms with Crippen LogP contribution < -0.4 is 0 Å². The van der Waals surface area contributed by atoms with Crippen LogP contribution in [-0.2, 0) is 11.3 Å². The minimum Gasteiger partial charge on any atom is -0.481 e. The molecule has 0 spiro atoms. The van der Waals surface area contributed by atoms with E-state index in [-0.39, 0.29) is 5.92 Å². The molecule has 1 unspecified atom stereocenters. The highest BCUT2D eigenvalue weighted by molar-refractivity contribution is 5.70. The third-order valence-corrected chi connectivity index (χ3v) is 4.64. The highest BCUT2D eigenvalue weighted by Crippen LogP contribution is 2.25. The first-order chi connectivity index (χ1) is 11.1. The van der Waals surface area contributed by atoms with Gasteiger partial charge in [-0.2, -0.15) is 0 Å². The van der Waals surface area contributed by atoms with Crippen molar-refractivity contribution in [2.45, 2.75) is 26.3 Å². The fraction of sp³-hybridized carbons (Fsp3) is 0.350. The Bertz CT molecular complexity index is 696. The second kappa shape index (κ2) is 6.97. The molecular formula is C20H23NO2. The van der Waals surface area contributed by atoms with Gasteiger partial charge in [0.2, 0.25) is 0 Å². The average molecular weight is 309 g/mol. The first kappa shape index (κ1) is 15.8. The number of carbonyl (C=O) groups is 1. The number of rotatable bonds is 4. The standard InChI is InChI=1S/C20H23NO2/c1-15-6-2-3-10-19(15)17-8-4-7-16(12-17)13-21-11-5-9-18(14-21)20(22)23/h2-4,6-8,10,12,18H,5,9,11,13-14H2,1H3,(H,22,23). The fourth-order valence-corrected chi connectivity index (χ4v) is 3.39. The third kappa shape index (κ3) is 3.80. The van der Waals surface area contributed by atoms with Crippen molar-refractivity contribution >= 4 is 5.97 Å². The van der Waals surface area contributed by atoms with Crippen LogP contribution in [0.1, 0.15) is 24.0 Å². The SMILES string of the molecule is Cc1ccccc1-c1cccc(CN2CCCC(C(=O)O)C2)c1. The van der Waals surface area contributed by atoms with E-state index in [0.29, 0.717) is 6.54 Å². The molecule has 1 aliphatic rings. The molecule has 3 heteroatoms. The molecule has 0 radical (unpaired) electrons. The highest BCUT2D eigenvalue weighted by Gasteiger charge is 2.25. The number of hydrogen-bond donors (Lipinski definition) is 1. The zero-order chi connectivity index (χ0) is 16.2. The Morgan fingerprint density at radius 2 is 2.04 bits per heavy atom. The maximum absolute atomic E-state index is 11.2. The van der Waals surface area contributed by atoms with Gasteiger partial charge in [0.25, 0.3) is 0 Å². The first-order valence-corrected chi connectivity index (χ1v) is 8.23. The van der Waals surface area contributed by atoms with E-state index in [9.17, 15) is 9.90 Å². The first-order valence-electron chi connectivity index (χ1n) is 8.23. The van der Waals surface area contributed by atoms with E-state index in [0.717, 1.165) is 25.9 Å². The lowest BCUT2D eigenvalue weighted by molar-refractivity contribution is -0.143. The molecule has 0 aromatic heterocycles. The van der Waals surface area contributed by atoms with Crippen LogP contribution in [0.4, 0.5) is 0 Å². The van der Waals surface area contributed by atoms with Gasteiger partial charge in [-0.1, -0.05) is 42.5 Å². The number of carboxylic acids is 1. The summed E-state index contributed by atoms with van der Waals surface area (Å²) in [6.45, 7) is 4.59. The molecule has 3 nitrogen and oxygen atoms in total. The highest BCUT2D eigenvalue weighted by atomic mass is 16.4. The molecule has 1 fully saturated rings. The molecule has 3 rings (SSSR count). The van der Waals surface area contributed by atoms with E-state index in [1.54, 1.807) is 0 Å². The van der Waals surface area contributed by atoms with Gasteiger partial charge in [0.1, 0.15) is 0 Å². The van der Waals surface area contributed by atoms with Crippen molar-refractivity contribution in [1.29, 1.82) is 0 Å². The lowest BCUT2D eigenvalue weighted by Crippen LogP contribution is -2.38. The minimum atomic E-state index is -0.664. The molecule has 0 amide bonds. The van der Waals surface area contributed by atoms with E-state index >= 15 is 0 Å². The number of aliphatic carboxylic acids is 1. The summed E-state index contributed by atoms with van der Waals surface area (Å²) in [5.74, 6) is -0.883. The van der Waals surface area contributed by atoms with Crippen LogP contribution in [0.2, 0.25) is 0 Å². The lowest BCUT2D eigenvalue weighted by Gasteiger charge is -2.30. The van der Waals surface area contributed by atoms with E-state index in [1.165, 1.54) is 22.3 Å². The maximum Gasteiger partial charge on any atom is 0.307 e. The normalized spacial score (nSPS) is 18.7. The third-order valence-electron chi connectivity index (χ3n) is 4.64. The number of aryl methyl sites for hydroxylation is 1. The van der Waals surface area contributed by atoms with Crippen LogP contribution in [0, 0.1) is 12.8 Å². The summed E-state index contributed by atoms with van der Waals surface area (Å²) in [7, 11) is 0. The van der Waals surface area contributed by atoms with Crippen LogP contribution in [0.3, 0.4) is 0 Å². The summed E-state index contributed by atoms with van der Waals surface area (Å²) in [5, 5.41) is 9.22. The van der Waals surface area contributed by atoms with Crippen LogP contribution >= 0.6 is 0 Å². The Morgan fingerprint density at radius 3 is 2.83 bits per heavy atom. The van der Waals surface area contributed by atoms with Gasteiger partial charge in [-0.15, -0.1) is 0 Å². The van der Waals surface area contributed by atoms with Gasteiger partial charge in [0, 0.05) is 13.1 Å². The molecule has 1 atom stereocenters. The van der Waals surface area contributed by atoms with Gasteiger partial charge in [-0.3, -0.25) is 9.69 Å². The Hall–Kier alpha value is -2.13. The maximum atomic E-state index is 11.2. The summed E-state index contributed by atoms with van der Waals surface area (Å²) >= 11 is 0. The summed E-state index contributed by atoms with van der Waals surface area (Å²) in [4.78, 5) is 13.5. The Kier molecular flexibility index (Phi) is 4.77. The van der Waals surface area contributed by atoms with Crippen molar-refractivity contribution in [2.75, 3.05) is 13.1 Å². The number of benzene rings is 2. The molecule has 1 saturated heterocycles. The number of hydrogen-bond acceptors (Lipinski definition) is 2. The smallest absolute Gasteiger partial charge is 0.307 e. The fourth-order valence-electron chi connectivity index (χ4n) is 3.39. The van der Waals surface area contributed by atoms with Crippen LogP contribution in [-0.4, -0.2) is 29.1 Å². The van der Waals surface area contributed by atoms with Crippen molar-refractivity contribution in [2.24, 2.45) is 5.92 Å². The van der Waals surface area contributed by atoms with Gasteiger partial charge >= 0.3 is 5.97 Å². The second-order valence-electron chi connectivity index (χ2n) is 6.43. The lowest BCUT2D eigenvalue weighted by atomic mass is 9.96. The van der Waals surface area contributed by atoms with E-state index in [2.05, 4.69) is 60.4 Å². The molecule has 23 heavy (non-hydrogen) atoms.